The van der Waals surface area contributed by atoms with Gasteiger partial charge in [0.2, 0.25) is 5.91 Å². The highest BCUT2D eigenvalue weighted by Gasteiger charge is 2.18. The maximum Gasteiger partial charge on any atom is 0.239 e. The Morgan fingerprint density at radius 1 is 1.32 bits per heavy atom. The summed E-state index contributed by atoms with van der Waals surface area (Å²) in [6.45, 7) is 0.624. The SMILES string of the molecule is NC(=O)C(NCc1cccs1)c1ccc(Br)c(Br)c1. The van der Waals surface area contributed by atoms with Crippen LogP contribution in [0.3, 0.4) is 0 Å². The monoisotopic (exact) mass is 402 g/mol. The molecule has 2 aromatic rings. The van der Waals surface area contributed by atoms with Gasteiger partial charge in [-0.15, -0.1) is 11.3 Å². The van der Waals surface area contributed by atoms with Crippen LogP contribution in [0.15, 0.2) is 44.7 Å². The molecule has 0 saturated heterocycles. The Morgan fingerprint density at radius 2 is 2.11 bits per heavy atom. The number of carbonyl (C=O) groups excluding carboxylic acids is 1. The van der Waals surface area contributed by atoms with E-state index in [4.69, 9.17) is 5.73 Å². The number of carbonyl (C=O) groups is 1. The first kappa shape index (κ1) is 14.7. The second-order valence-electron chi connectivity index (χ2n) is 3.97. The van der Waals surface area contributed by atoms with Crippen molar-refractivity contribution in [1.82, 2.24) is 5.32 Å². The van der Waals surface area contributed by atoms with Gasteiger partial charge in [-0.3, -0.25) is 10.1 Å². The Balaban J connectivity index is 2.15. The number of benzene rings is 1. The van der Waals surface area contributed by atoms with Crippen molar-refractivity contribution in [1.29, 1.82) is 0 Å². The standard InChI is InChI=1S/C13H12Br2N2OS/c14-10-4-3-8(6-11(10)15)12(13(16)18)17-7-9-2-1-5-19-9/h1-6,12,17H,7H2,(H2,16,18). The Morgan fingerprint density at radius 3 is 2.68 bits per heavy atom. The minimum Gasteiger partial charge on any atom is -0.368 e. The summed E-state index contributed by atoms with van der Waals surface area (Å²) in [7, 11) is 0. The van der Waals surface area contributed by atoms with Crippen molar-refractivity contribution in [3.8, 4) is 0 Å². The number of thiophene rings is 1. The summed E-state index contributed by atoms with van der Waals surface area (Å²) in [6, 6.07) is 9.17. The zero-order chi connectivity index (χ0) is 13.8. The molecule has 0 aliphatic rings. The summed E-state index contributed by atoms with van der Waals surface area (Å²) in [5.74, 6) is -0.384. The first-order valence-corrected chi connectivity index (χ1v) is 8.04. The third-order valence-corrected chi connectivity index (χ3v) is 5.38. The molecule has 1 amide bonds. The van der Waals surface area contributed by atoms with Gasteiger partial charge in [-0.25, -0.2) is 0 Å². The van der Waals surface area contributed by atoms with E-state index in [9.17, 15) is 4.79 Å². The van der Waals surface area contributed by atoms with Crippen LogP contribution >= 0.6 is 43.2 Å². The van der Waals surface area contributed by atoms with Gasteiger partial charge in [-0.1, -0.05) is 12.1 Å². The molecule has 1 heterocycles. The van der Waals surface area contributed by atoms with E-state index < -0.39 is 6.04 Å². The molecule has 3 nitrogen and oxygen atoms in total. The minimum absolute atomic E-state index is 0.384. The Bertz CT molecular complexity index is 572. The first-order valence-electron chi connectivity index (χ1n) is 5.58. The van der Waals surface area contributed by atoms with Crippen molar-refractivity contribution in [3.63, 3.8) is 0 Å². The van der Waals surface area contributed by atoms with Crippen LogP contribution < -0.4 is 11.1 Å². The lowest BCUT2D eigenvalue weighted by Gasteiger charge is -2.16. The van der Waals surface area contributed by atoms with Gasteiger partial charge in [-0.2, -0.15) is 0 Å². The highest BCUT2D eigenvalue weighted by molar-refractivity contribution is 9.13. The summed E-state index contributed by atoms with van der Waals surface area (Å²) in [5, 5.41) is 5.19. The molecular weight excluding hydrogens is 392 g/mol. The number of hydrogen-bond acceptors (Lipinski definition) is 3. The lowest BCUT2D eigenvalue weighted by atomic mass is 10.1. The van der Waals surface area contributed by atoms with E-state index in [-0.39, 0.29) is 5.91 Å². The average Bonchev–Trinajstić information content (AvgIpc) is 2.86. The predicted octanol–water partition coefficient (Wildman–Crippen LogP) is 3.59. The number of nitrogens with two attached hydrogens (primary N) is 1. The van der Waals surface area contributed by atoms with E-state index in [1.54, 1.807) is 11.3 Å². The number of halogens is 2. The van der Waals surface area contributed by atoms with Crippen LogP contribution in [0.5, 0.6) is 0 Å². The first-order chi connectivity index (χ1) is 9.08. The molecule has 0 fully saturated rings. The molecular formula is C13H12Br2N2OS. The molecule has 1 unspecified atom stereocenters. The molecule has 100 valence electrons. The molecule has 19 heavy (non-hydrogen) atoms. The second-order valence-corrected chi connectivity index (χ2v) is 6.71. The molecule has 1 atom stereocenters. The molecule has 1 aromatic heterocycles. The van der Waals surface area contributed by atoms with E-state index in [1.807, 2.05) is 35.7 Å². The molecule has 6 heteroatoms. The fourth-order valence-electron chi connectivity index (χ4n) is 1.69. The Hall–Kier alpha value is -0.690. The largest absolute Gasteiger partial charge is 0.368 e. The Kier molecular flexibility index (Phi) is 5.15. The van der Waals surface area contributed by atoms with Crippen LogP contribution in [-0.4, -0.2) is 5.91 Å². The smallest absolute Gasteiger partial charge is 0.239 e. The molecule has 0 saturated carbocycles. The van der Waals surface area contributed by atoms with Crippen molar-refractivity contribution < 1.29 is 4.79 Å². The lowest BCUT2D eigenvalue weighted by molar-refractivity contribution is -0.120. The van der Waals surface area contributed by atoms with Gasteiger partial charge in [-0.05, 0) is 61.0 Å². The summed E-state index contributed by atoms with van der Waals surface area (Å²) in [4.78, 5) is 12.8. The molecule has 0 bridgehead atoms. The van der Waals surface area contributed by atoms with Crippen LogP contribution in [0.2, 0.25) is 0 Å². The summed E-state index contributed by atoms with van der Waals surface area (Å²) < 4.78 is 1.84. The highest BCUT2D eigenvalue weighted by atomic mass is 79.9. The van der Waals surface area contributed by atoms with Crippen molar-refractivity contribution in [3.05, 3.63) is 55.1 Å². The van der Waals surface area contributed by atoms with Gasteiger partial charge in [0.15, 0.2) is 0 Å². The van der Waals surface area contributed by atoms with Crippen molar-refractivity contribution in [2.75, 3.05) is 0 Å². The summed E-state index contributed by atoms with van der Waals surface area (Å²) in [5.41, 5.74) is 6.32. The number of hydrogen-bond donors (Lipinski definition) is 2. The maximum absolute atomic E-state index is 11.6. The van der Waals surface area contributed by atoms with Gasteiger partial charge in [0.25, 0.3) is 0 Å². The van der Waals surface area contributed by atoms with Crippen LogP contribution in [0, 0.1) is 0 Å². The number of rotatable bonds is 5. The van der Waals surface area contributed by atoms with Crippen molar-refractivity contribution in [2.24, 2.45) is 5.73 Å². The fourth-order valence-corrected chi connectivity index (χ4v) is 2.99. The van der Waals surface area contributed by atoms with Crippen molar-refractivity contribution >= 4 is 49.1 Å². The summed E-state index contributed by atoms with van der Waals surface area (Å²) in [6.07, 6.45) is 0. The third-order valence-electron chi connectivity index (χ3n) is 2.62. The van der Waals surface area contributed by atoms with E-state index >= 15 is 0 Å². The van der Waals surface area contributed by atoms with E-state index in [2.05, 4.69) is 37.2 Å². The molecule has 0 aliphatic carbocycles. The van der Waals surface area contributed by atoms with Crippen LogP contribution in [-0.2, 0) is 11.3 Å². The topological polar surface area (TPSA) is 55.1 Å². The zero-order valence-corrected chi connectivity index (χ0v) is 13.9. The molecule has 1 aromatic carbocycles. The van der Waals surface area contributed by atoms with E-state index in [0.717, 1.165) is 14.5 Å². The Labute approximate surface area is 132 Å². The van der Waals surface area contributed by atoms with Gasteiger partial charge >= 0.3 is 0 Å². The molecule has 0 radical (unpaired) electrons. The average molecular weight is 404 g/mol. The van der Waals surface area contributed by atoms with Gasteiger partial charge < -0.3 is 5.73 Å². The quantitative estimate of drug-likeness (QED) is 0.801. The third kappa shape index (κ3) is 3.89. The number of nitrogens with one attached hydrogen (secondary N) is 1. The van der Waals surface area contributed by atoms with Crippen LogP contribution in [0.4, 0.5) is 0 Å². The second kappa shape index (κ2) is 6.65. The van der Waals surface area contributed by atoms with Gasteiger partial charge in [0.05, 0.1) is 0 Å². The zero-order valence-electron chi connectivity index (χ0n) is 9.90. The minimum atomic E-state index is -0.494. The van der Waals surface area contributed by atoms with Crippen LogP contribution in [0.25, 0.3) is 0 Å². The van der Waals surface area contributed by atoms with E-state index in [0.29, 0.717) is 6.54 Å². The fraction of sp³-hybridized carbons (Fsp3) is 0.154. The number of primary amides is 1. The summed E-state index contributed by atoms with van der Waals surface area (Å²) >= 11 is 8.48. The molecule has 2 rings (SSSR count). The highest BCUT2D eigenvalue weighted by Crippen LogP contribution is 2.26. The van der Waals surface area contributed by atoms with Crippen molar-refractivity contribution in [2.45, 2.75) is 12.6 Å². The van der Waals surface area contributed by atoms with Gasteiger partial charge in [0.1, 0.15) is 6.04 Å². The molecule has 0 spiro atoms. The molecule has 3 N–H and O–H groups in total. The van der Waals surface area contributed by atoms with E-state index in [1.165, 1.54) is 4.88 Å². The number of amides is 1. The normalized spacial score (nSPS) is 12.3. The molecule has 0 aliphatic heterocycles. The van der Waals surface area contributed by atoms with Gasteiger partial charge in [0, 0.05) is 20.4 Å². The lowest BCUT2D eigenvalue weighted by Crippen LogP contribution is -2.33. The predicted molar refractivity (Wildman–Crippen MR) is 84.9 cm³/mol. The van der Waals surface area contributed by atoms with Crippen LogP contribution in [0.1, 0.15) is 16.5 Å². The maximum atomic E-state index is 11.6.